The number of carbonyl (C=O) groups is 1. The third-order valence-corrected chi connectivity index (χ3v) is 6.63. The highest BCUT2D eigenvalue weighted by Gasteiger charge is 2.22. The lowest BCUT2D eigenvalue weighted by molar-refractivity contribution is -0.121. The van der Waals surface area contributed by atoms with Gasteiger partial charge in [-0.15, -0.1) is 0 Å². The van der Waals surface area contributed by atoms with E-state index < -0.39 is 6.10 Å². The van der Waals surface area contributed by atoms with Gasteiger partial charge in [-0.1, -0.05) is 54.6 Å². The molecular weight excluding hydrogens is 440 g/mol. The first-order chi connectivity index (χ1) is 16.9. The Morgan fingerprint density at radius 3 is 2.43 bits per heavy atom. The molecule has 2 atom stereocenters. The number of carbonyl (C=O) groups excluding carboxylic acids is 1. The molecule has 0 saturated heterocycles. The number of aliphatic hydroxyl groups excluding tert-OH is 2. The Bertz CT molecular complexity index is 1140. The summed E-state index contributed by atoms with van der Waals surface area (Å²) in [5.74, 6) is 0.0667. The molecule has 0 fully saturated rings. The van der Waals surface area contributed by atoms with E-state index in [0.29, 0.717) is 24.1 Å². The van der Waals surface area contributed by atoms with E-state index in [-0.39, 0.29) is 30.3 Å². The molecule has 0 heterocycles. The summed E-state index contributed by atoms with van der Waals surface area (Å²) in [4.78, 5) is 12.6. The fourth-order valence-corrected chi connectivity index (χ4v) is 4.79. The number of benzene rings is 3. The summed E-state index contributed by atoms with van der Waals surface area (Å²) in [5, 5.41) is 36.0. The summed E-state index contributed by atoms with van der Waals surface area (Å²) in [6.45, 7) is 2.13. The average Bonchev–Trinajstić information content (AvgIpc) is 3.25. The normalized spacial score (nSPS) is 14.9. The molecule has 5 N–H and O–H groups in total. The van der Waals surface area contributed by atoms with Crippen molar-refractivity contribution in [3.63, 3.8) is 0 Å². The van der Waals surface area contributed by atoms with Gasteiger partial charge in [0.05, 0.1) is 19.1 Å². The Balaban J connectivity index is 1.25. The number of amides is 1. The van der Waals surface area contributed by atoms with Crippen molar-refractivity contribution in [1.29, 1.82) is 0 Å². The fourth-order valence-electron chi connectivity index (χ4n) is 4.79. The second-order valence-corrected chi connectivity index (χ2v) is 9.51. The number of phenols is 1. The van der Waals surface area contributed by atoms with Crippen LogP contribution in [0.1, 0.15) is 46.4 Å². The molecule has 1 aliphatic carbocycles. The zero-order valence-electron chi connectivity index (χ0n) is 20.1. The minimum absolute atomic E-state index is 0.0201. The van der Waals surface area contributed by atoms with Gasteiger partial charge in [-0.25, -0.2) is 0 Å². The first kappa shape index (κ1) is 24.9. The van der Waals surface area contributed by atoms with Gasteiger partial charge in [0.2, 0.25) is 5.91 Å². The lowest BCUT2D eigenvalue weighted by Crippen LogP contribution is -2.36. The second kappa shape index (κ2) is 11.5. The number of aliphatic hydroxyl groups is 2. The fraction of sp³-hybridized carbons (Fsp3) is 0.345. The average molecular weight is 475 g/mol. The van der Waals surface area contributed by atoms with Gasteiger partial charge >= 0.3 is 0 Å². The highest BCUT2D eigenvalue weighted by atomic mass is 16.3. The van der Waals surface area contributed by atoms with Crippen LogP contribution in [0.5, 0.6) is 5.75 Å². The van der Waals surface area contributed by atoms with Gasteiger partial charge in [0, 0.05) is 24.2 Å². The molecule has 1 amide bonds. The van der Waals surface area contributed by atoms with E-state index in [4.69, 9.17) is 0 Å². The summed E-state index contributed by atoms with van der Waals surface area (Å²) in [5.41, 5.74) is 5.81. The van der Waals surface area contributed by atoms with Gasteiger partial charge in [0.1, 0.15) is 5.75 Å². The summed E-state index contributed by atoms with van der Waals surface area (Å²) in [6.07, 6.45) is 2.15. The first-order valence-corrected chi connectivity index (χ1v) is 12.2. The molecule has 3 aromatic carbocycles. The summed E-state index contributed by atoms with van der Waals surface area (Å²) in [7, 11) is 0. The Labute approximate surface area is 206 Å². The maximum atomic E-state index is 12.6. The second-order valence-electron chi connectivity index (χ2n) is 9.51. The lowest BCUT2D eigenvalue weighted by Gasteiger charge is -2.18. The van der Waals surface area contributed by atoms with Crippen LogP contribution in [0, 0.1) is 0 Å². The molecule has 6 heteroatoms. The maximum Gasteiger partial charge on any atom is 0.224 e. The molecule has 35 heavy (non-hydrogen) atoms. The molecular formula is C29H34N2O4. The van der Waals surface area contributed by atoms with Crippen LogP contribution in [0.25, 0.3) is 0 Å². The van der Waals surface area contributed by atoms with Crippen LogP contribution in [-0.4, -0.2) is 39.9 Å². The van der Waals surface area contributed by atoms with Crippen molar-refractivity contribution in [2.45, 2.75) is 57.4 Å². The molecule has 184 valence electrons. The molecule has 6 nitrogen and oxygen atoms in total. The van der Waals surface area contributed by atoms with Gasteiger partial charge in [-0.2, -0.15) is 0 Å². The largest absolute Gasteiger partial charge is 0.508 e. The van der Waals surface area contributed by atoms with E-state index in [2.05, 4.69) is 41.8 Å². The van der Waals surface area contributed by atoms with Gasteiger partial charge in [-0.3, -0.25) is 4.79 Å². The zero-order valence-corrected chi connectivity index (χ0v) is 20.1. The van der Waals surface area contributed by atoms with Gasteiger partial charge < -0.3 is 26.0 Å². The predicted molar refractivity (Wildman–Crippen MR) is 136 cm³/mol. The lowest BCUT2D eigenvalue weighted by atomic mass is 10.0. The molecule has 3 aromatic rings. The van der Waals surface area contributed by atoms with E-state index in [0.717, 1.165) is 30.4 Å². The zero-order chi connectivity index (χ0) is 24.8. The molecule has 4 rings (SSSR count). The number of hydrogen-bond donors (Lipinski definition) is 5. The molecule has 0 unspecified atom stereocenters. The standard InChI is InChI=1S/C29H34N2O4/c1-19(30-17-28(34)24-9-10-27(33)25(14-24)18-32)11-20-5-4-6-21(12-20)13-29(35)31-26-15-22-7-2-3-8-23(22)16-26/h2-10,12,14,19,26,28,30,32-34H,11,13,15-18H2,1H3,(H,31,35)/t19-,28-/m1/s1. The van der Waals surface area contributed by atoms with Crippen LogP contribution >= 0.6 is 0 Å². The topological polar surface area (TPSA) is 102 Å². The quantitative estimate of drug-likeness (QED) is 0.311. The predicted octanol–water partition coefficient (Wildman–Crippen LogP) is 2.96. The van der Waals surface area contributed by atoms with Crippen LogP contribution in [0.4, 0.5) is 0 Å². The summed E-state index contributed by atoms with van der Waals surface area (Å²) in [6, 6.07) is 21.5. The van der Waals surface area contributed by atoms with Crippen molar-refractivity contribution < 1.29 is 20.1 Å². The molecule has 0 saturated carbocycles. The molecule has 0 spiro atoms. The minimum atomic E-state index is -0.750. The Morgan fingerprint density at radius 1 is 1.00 bits per heavy atom. The number of nitrogens with one attached hydrogen (secondary N) is 2. The van der Waals surface area contributed by atoms with E-state index in [1.54, 1.807) is 12.1 Å². The molecule has 0 aliphatic heterocycles. The van der Waals surface area contributed by atoms with Crippen LogP contribution in [-0.2, 0) is 37.1 Å². The van der Waals surface area contributed by atoms with Crippen LogP contribution in [0.2, 0.25) is 0 Å². The maximum absolute atomic E-state index is 12.6. The molecule has 0 bridgehead atoms. The van der Waals surface area contributed by atoms with Crippen molar-refractivity contribution in [2.24, 2.45) is 0 Å². The molecule has 0 radical (unpaired) electrons. The Morgan fingerprint density at radius 2 is 1.71 bits per heavy atom. The minimum Gasteiger partial charge on any atom is -0.508 e. The van der Waals surface area contributed by atoms with Crippen molar-refractivity contribution >= 4 is 5.91 Å². The number of rotatable bonds is 10. The third kappa shape index (κ3) is 6.69. The third-order valence-electron chi connectivity index (χ3n) is 6.63. The first-order valence-electron chi connectivity index (χ1n) is 12.2. The number of fused-ring (bicyclic) bond motifs is 1. The molecule has 0 aromatic heterocycles. The van der Waals surface area contributed by atoms with Gasteiger partial charge in [0.15, 0.2) is 0 Å². The highest BCUT2D eigenvalue weighted by Crippen LogP contribution is 2.23. The summed E-state index contributed by atoms with van der Waals surface area (Å²) < 4.78 is 0. The van der Waals surface area contributed by atoms with Crippen LogP contribution in [0.3, 0.4) is 0 Å². The smallest absolute Gasteiger partial charge is 0.224 e. The van der Waals surface area contributed by atoms with Crippen LogP contribution < -0.4 is 10.6 Å². The monoisotopic (exact) mass is 474 g/mol. The number of aromatic hydroxyl groups is 1. The van der Waals surface area contributed by atoms with E-state index in [1.807, 2.05) is 24.3 Å². The van der Waals surface area contributed by atoms with Crippen LogP contribution in [0.15, 0.2) is 66.7 Å². The van der Waals surface area contributed by atoms with Crippen molar-refractivity contribution in [2.75, 3.05) is 6.54 Å². The number of hydrogen-bond acceptors (Lipinski definition) is 5. The van der Waals surface area contributed by atoms with Crippen molar-refractivity contribution in [3.05, 3.63) is 100 Å². The molecule has 1 aliphatic rings. The van der Waals surface area contributed by atoms with E-state index in [9.17, 15) is 20.1 Å². The Hall–Kier alpha value is -3.19. The van der Waals surface area contributed by atoms with Gasteiger partial charge in [-0.05, 0) is 66.1 Å². The highest BCUT2D eigenvalue weighted by molar-refractivity contribution is 5.79. The Kier molecular flexibility index (Phi) is 8.18. The SMILES string of the molecule is C[C@H](Cc1cccc(CC(=O)NC2Cc3ccccc3C2)c1)NC[C@@H](O)c1ccc(O)c(CO)c1. The van der Waals surface area contributed by atoms with Gasteiger partial charge in [0.25, 0.3) is 0 Å². The van der Waals surface area contributed by atoms with Crippen molar-refractivity contribution in [3.8, 4) is 5.75 Å². The van der Waals surface area contributed by atoms with E-state index >= 15 is 0 Å². The van der Waals surface area contributed by atoms with E-state index in [1.165, 1.54) is 17.2 Å². The van der Waals surface area contributed by atoms with Crippen molar-refractivity contribution in [1.82, 2.24) is 10.6 Å². The summed E-state index contributed by atoms with van der Waals surface area (Å²) >= 11 is 0.